The zero-order valence-corrected chi connectivity index (χ0v) is 33.3. The largest absolute Gasteiger partial charge is 0.490 e. The van der Waals surface area contributed by atoms with Gasteiger partial charge >= 0.3 is 10.2 Å². The summed E-state index contributed by atoms with van der Waals surface area (Å²) in [6.07, 6.45) is 4.90. The molecule has 2 aromatic heterocycles. The quantitative estimate of drug-likeness (QED) is 0.107. The maximum Gasteiger partial charge on any atom is 0.301 e. The Hall–Kier alpha value is -6.27. The van der Waals surface area contributed by atoms with E-state index in [1.807, 2.05) is 35.1 Å². The number of anilines is 1. The van der Waals surface area contributed by atoms with Gasteiger partial charge in [0.25, 0.3) is 5.91 Å². The maximum absolute atomic E-state index is 15.7. The number of alkyl halides is 1. The van der Waals surface area contributed by atoms with Gasteiger partial charge in [-0.25, -0.2) is 18.2 Å². The Morgan fingerprint density at radius 2 is 1.59 bits per heavy atom. The number of fused-ring (bicyclic) bond motifs is 2. The SMILES string of the molecule is O=C1CCC(N2Cc3cc(OC4CCC(Oc5ccc(-c6cnc7[nH]cc(C(=O)c8c(F)ccc(NS(=O)(=O)N9CC[C@@H](F)C9)c8F)c7c6)cc5)CC4)ccc3C2=O)C(=O)N1. The number of ketones is 1. The molecule has 1 aliphatic carbocycles. The number of nitrogens with one attached hydrogen (secondary N) is 3. The molecule has 2 atom stereocenters. The fourth-order valence-electron chi connectivity index (χ4n) is 8.44. The number of carbonyl (C=O) groups is 4. The van der Waals surface area contributed by atoms with Crippen molar-refractivity contribution in [2.75, 3.05) is 17.8 Å². The number of amides is 3. The lowest BCUT2D eigenvalue weighted by Crippen LogP contribution is -2.52. The van der Waals surface area contributed by atoms with Crippen LogP contribution in [0.3, 0.4) is 0 Å². The van der Waals surface area contributed by atoms with E-state index >= 15 is 8.78 Å². The number of ether oxygens (including phenoxy) is 2. The molecule has 3 aromatic carbocycles. The third-order valence-corrected chi connectivity index (χ3v) is 13.2. The van der Waals surface area contributed by atoms with Crippen molar-refractivity contribution >= 4 is 50.4 Å². The van der Waals surface area contributed by atoms with E-state index < -0.39 is 63.5 Å². The molecule has 0 bridgehead atoms. The zero-order chi connectivity index (χ0) is 42.6. The summed E-state index contributed by atoms with van der Waals surface area (Å²) in [6.45, 7) is -0.232. The van der Waals surface area contributed by atoms with E-state index in [0.717, 1.165) is 53.2 Å². The smallest absolute Gasteiger partial charge is 0.301 e. The normalized spacial score (nSPS) is 22.0. The Balaban J connectivity index is 0.818. The summed E-state index contributed by atoms with van der Waals surface area (Å²) in [6, 6.07) is 15.3. The summed E-state index contributed by atoms with van der Waals surface area (Å²) >= 11 is 0. The molecule has 0 radical (unpaired) electrons. The highest BCUT2D eigenvalue weighted by atomic mass is 32.2. The second kappa shape index (κ2) is 16.0. The predicted octanol–water partition coefficient (Wildman–Crippen LogP) is 5.97. The van der Waals surface area contributed by atoms with Crippen LogP contribution in [0.25, 0.3) is 22.2 Å². The molecule has 2 saturated heterocycles. The minimum atomic E-state index is -4.37. The number of H-pyrrole nitrogens is 1. The summed E-state index contributed by atoms with van der Waals surface area (Å²) in [5, 5.41) is 2.61. The first kappa shape index (κ1) is 40.2. The minimum absolute atomic E-state index is 0.00653. The Morgan fingerprint density at radius 3 is 2.30 bits per heavy atom. The van der Waals surface area contributed by atoms with E-state index in [1.54, 1.807) is 24.4 Å². The fourth-order valence-corrected chi connectivity index (χ4v) is 9.70. The molecule has 9 rings (SSSR count). The van der Waals surface area contributed by atoms with Gasteiger partial charge in [0.15, 0.2) is 5.82 Å². The number of halogens is 3. The lowest BCUT2D eigenvalue weighted by atomic mass is 9.94. The molecule has 3 fully saturated rings. The first-order chi connectivity index (χ1) is 29.3. The molecule has 4 aliphatic rings. The second-order valence-corrected chi connectivity index (χ2v) is 17.3. The topological polar surface area (TPSA) is 180 Å². The van der Waals surface area contributed by atoms with Gasteiger partial charge in [0.05, 0.1) is 23.5 Å². The maximum atomic E-state index is 15.7. The molecule has 316 valence electrons. The summed E-state index contributed by atoms with van der Waals surface area (Å²) < 4.78 is 85.5. The highest BCUT2D eigenvalue weighted by Gasteiger charge is 2.39. The lowest BCUT2D eigenvalue weighted by molar-refractivity contribution is -0.136. The van der Waals surface area contributed by atoms with E-state index in [1.165, 1.54) is 11.1 Å². The number of nitrogens with zero attached hydrogens (tertiary/aromatic N) is 3. The number of hydrogen-bond donors (Lipinski definition) is 3. The van der Waals surface area contributed by atoms with E-state index in [9.17, 15) is 32.0 Å². The van der Waals surface area contributed by atoms with Crippen molar-refractivity contribution in [1.29, 1.82) is 0 Å². The van der Waals surface area contributed by atoms with E-state index in [4.69, 9.17) is 9.47 Å². The van der Waals surface area contributed by atoms with Gasteiger partial charge in [0.1, 0.15) is 35.2 Å². The number of rotatable bonds is 11. The van der Waals surface area contributed by atoms with Crippen LogP contribution >= 0.6 is 0 Å². The minimum Gasteiger partial charge on any atom is -0.490 e. The molecule has 18 heteroatoms. The van der Waals surface area contributed by atoms with Gasteiger partial charge in [0, 0.05) is 60.5 Å². The molecule has 1 saturated carbocycles. The van der Waals surface area contributed by atoms with Crippen molar-refractivity contribution in [3.05, 3.63) is 107 Å². The number of pyridine rings is 1. The monoisotopic (exact) mass is 856 g/mol. The van der Waals surface area contributed by atoms with Crippen LogP contribution in [0.15, 0.2) is 73.1 Å². The number of aromatic amines is 1. The van der Waals surface area contributed by atoms with Crippen molar-refractivity contribution < 1.29 is 50.2 Å². The van der Waals surface area contributed by atoms with Crippen LogP contribution in [0, 0.1) is 11.6 Å². The van der Waals surface area contributed by atoms with Crippen molar-refractivity contribution in [3.8, 4) is 22.6 Å². The third-order valence-electron chi connectivity index (χ3n) is 11.7. The molecule has 0 spiro atoms. The number of hydrogen-bond acceptors (Lipinski definition) is 9. The van der Waals surface area contributed by atoms with Crippen LogP contribution in [0.5, 0.6) is 11.5 Å². The van der Waals surface area contributed by atoms with E-state index in [2.05, 4.69) is 15.3 Å². The molecular weight excluding hydrogens is 818 g/mol. The summed E-state index contributed by atoms with van der Waals surface area (Å²) in [4.78, 5) is 59.5. The first-order valence-corrected chi connectivity index (χ1v) is 21.4. The van der Waals surface area contributed by atoms with Crippen molar-refractivity contribution in [1.82, 2.24) is 24.5 Å². The van der Waals surface area contributed by atoms with Gasteiger partial charge in [-0.3, -0.25) is 29.2 Å². The summed E-state index contributed by atoms with van der Waals surface area (Å²) in [5.41, 5.74) is 1.26. The van der Waals surface area contributed by atoms with Gasteiger partial charge in [0.2, 0.25) is 17.6 Å². The molecule has 3 amide bonds. The van der Waals surface area contributed by atoms with Crippen LogP contribution in [0.4, 0.5) is 18.9 Å². The Kier molecular flexibility index (Phi) is 10.5. The molecule has 3 N–H and O–H groups in total. The lowest BCUT2D eigenvalue weighted by Gasteiger charge is -2.29. The molecule has 14 nitrogen and oxygen atoms in total. The molecule has 5 aromatic rings. The average Bonchev–Trinajstić information content (AvgIpc) is 3.97. The van der Waals surface area contributed by atoms with Gasteiger partial charge in [-0.05, 0) is 98.2 Å². The van der Waals surface area contributed by atoms with Gasteiger partial charge < -0.3 is 19.4 Å². The predicted molar refractivity (Wildman–Crippen MR) is 215 cm³/mol. The van der Waals surface area contributed by atoms with Crippen LogP contribution in [-0.4, -0.2) is 88.6 Å². The number of piperidine rings is 1. The highest BCUT2D eigenvalue weighted by Crippen LogP contribution is 2.34. The second-order valence-electron chi connectivity index (χ2n) is 15.7. The van der Waals surface area contributed by atoms with Gasteiger partial charge in [-0.15, -0.1) is 0 Å². The van der Waals surface area contributed by atoms with Crippen LogP contribution < -0.4 is 19.5 Å². The number of benzene rings is 3. The van der Waals surface area contributed by atoms with Gasteiger partial charge in [-0.2, -0.15) is 12.7 Å². The third kappa shape index (κ3) is 7.92. The van der Waals surface area contributed by atoms with Crippen molar-refractivity contribution in [2.24, 2.45) is 0 Å². The average molecular weight is 857 g/mol. The van der Waals surface area contributed by atoms with Crippen molar-refractivity contribution in [2.45, 2.75) is 75.9 Å². The van der Waals surface area contributed by atoms with Crippen molar-refractivity contribution in [3.63, 3.8) is 0 Å². The van der Waals surface area contributed by atoms with Crippen LogP contribution in [0.2, 0.25) is 0 Å². The van der Waals surface area contributed by atoms with E-state index in [0.29, 0.717) is 40.1 Å². The first-order valence-electron chi connectivity index (χ1n) is 19.9. The van der Waals surface area contributed by atoms with Crippen LogP contribution in [0.1, 0.15) is 76.8 Å². The standard InChI is InChI=1S/C43H39F3N6O8S/c44-26-15-16-51(22-26)61(57,58)50-35-12-11-34(45)38(39(35)46)40(54)33-20-48-41-32(33)18-24(19-47-41)23-1-3-27(4-2-23)59-28-5-7-29(8-6-28)60-30-9-10-31-25(17-30)21-52(43(31)56)36-13-14-37(53)49-42(36)55/h1-4,9-12,17-20,26,28-29,36,50H,5-8,13-16,21-22H2,(H,47,48)(H,49,53,55)/t26-,28?,29?,36?/m1/s1. The Labute approximate surface area is 347 Å². The highest BCUT2D eigenvalue weighted by molar-refractivity contribution is 7.90. The number of carbonyl (C=O) groups excluding carboxylic acids is 4. The molecule has 61 heavy (non-hydrogen) atoms. The Bertz CT molecular complexity index is 2700. The fraction of sp³-hybridized carbons (Fsp3) is 0.326. The van der Waals surface area contributed by atoms with Gasteiger partial charge in [-0.1, -0.05) is 12.1 Å². The molecular formula is C43H39F3N6O8S. The summed E-state index contributed by atoms with van der Waals surface area (Å²) in [7, 11) is -4.37. The molecule has 1 unspecified atom stereocenters. The number of imide groups is 1. The molecule has 3 aliphatic heterocycles. The zero-order valence-electron chi connectivity index (χ0n) is 32.5. The number of aromatic nitrogens is 2. The summed E-state index contributed by atoms with van der Waals surface area (Å²) in [5.74, 6) is -3.35. The van der Waals surface area contributed by atoms with E-state index in [-0.39, 0.29) is 55.5 Å². The van der Waals surface area contributed by atoms with Crippen LogP contribution in [-0.2, 0) is 26.3 Å². The molecule has 5 heterocycles. The Morgan fingerprint density at radius 1 is 0.869 bits per heavy atom.